The van der Waals surface area contributed by atoms with Crippen LogP contribution >= 0.6 is 0 Å². The van der Waals surface area contributed by atoms with E-state index in [-0.39, 0.29) is 18.4 Å². The number of nitrogens with zero attached hydrogens (tertiary/aromatic N) is 2. The minimum atomic E-state index is -0.362. The van der Waals surface area contributed by atoms with E-state index in [0.717, 1.165) is 31.6 Å². The van der Waals surface area contributed by atoms with Crippen LogP contribution in [0.5, 0.6) is 0 Å². The Morgan fingerprint density at radius 2 is 1.92 bits per heavy atom. The Morgan fingerprint density at radius 1 is 1.25 bits per heavy atom. The highest BCUT2D eigenvalue weighted by Gasteiger charge is 2.22. The molecule has 1 amide bonds. The van der Waals surface area contributed by atoms with Gasteiger partial charge in [0, 0.05) is 31.9 Å². The van der Waals surface area contributed by atoms with Crippen LogP contribution in [0.4, 0.5) is 5.69 Å². The second-order valence-corrected chi connectivity index (χ2v) is 6.12. The van der Waals surface area contributed by atoms with Crippen molar-refractivity contribution < 1.29 is 14.3 Å². The number of likely N-dealkylation sites (tertiary alicyclic amines) is 1. The van der Waals surface area contributed by atoms with E-state index in [9.17, 15) is 9.59 Å². The lowest BCUT2D eigenvalue weighted by atomic mass is 10.0. The lowest BCUT2D eigenvalue weighted by Gasteiger charge is -2.33. The summed E-state index contributed by atoms with van der Waals surface area (Å²) in [5, 5.41) is 3.53. The van der Waals surface area contributed by atoms with Crippen molar-refractivity contribution in [1.82, 2.24) is 9.80 Å². The summed E-state index contributed by atoms with van der Waals surface area (Å²) in [5.74, 6) is -0.406. The zero-order valence-corrected chi connectivity index (χ0v) is 14.5. The molecule has 0 bridgehead atoms. The number of esters is 1. The summed E-state index contributed by atoms with van der Waals surface area (Å²) in [5.41, 5.74) is 1.14. The van der Waals surface area contributed by atoms with E-state index < -0.39 is 0 Å². The number of amides is 1. The number of piperidine rings is 1. The first-order valence-electron chi connectivity index (χ1n) is 8.52. The Labute approximate surface area is 143 Å². The lowest BCUT2D eigenvalue weighted by Crippen LogP contribution is -2.45. The van der Waals surface area contributed by atoms with E-state index in [1.807, 2.05) is 18.2 Å². The topological polar surface area (TPSA) is 61.9 Å². The van der Waals surface area contributed by atoms with E-state index in [0.29, 0.717) is 19.2 Å². The van der Waals surface area contributed by atoms with Gasteiger partial charge >= 0.3 is 5.97 Å². The molecule has 0 aliphatic carbocycles. The molecule has 6 heteroatoms. The Bertz CT molecular complexity index is 528. The minimum absolute atomic E-state index is 0.0126. The van der Waals surface area contributed by atoms with E-state index in [2.05, 4.69) is 22.3 Å². The maximum Gasteiger partial charge on any atom is 0.325 e. The van der Waals surface area contributed by atoms with Crippen LogP contribution in [0.15, 0.2) is 30.3 Å². The third-order valence-electron chi connectivity index (χ3n) is 4.19. The van der Waals surface area contributed by atoms with Crippen molar-refractivity contribution in [3.8, 4) is 0 Å². The summed E-state index contributed by atoms with van der Waals surface area (Å²) in [7, 11) is 1.64. The Morgan fingerprint density at radius 3 is 2.54 bits per heavy atom. The van der Waals surface area contributed by atoms with Crippen molar-refractivity contribution in [3.63, 3.8) is 0 Å². The average molecular weight is 333 g/mol. The normalized spacial score (nSPS) is 15.8. The molecule has 1 aliphatic rings. The lowest BCUT2D eigenvalue weighted by molar-refractivity contribution is -0.148. The number of likely N-dealkylation sites (N-methyl/N-ethyl adjacent to an activating group) is 1. The number of rotatable bonds is 7. The number of carbonyl (C=O) groups excluding carboxylic acids is 2. The summed E-state index contributed by atoms with van der Waals surface area (Å²) in [6.07, 6.45) is 2.01. The maximum absolute atomic E-state index is 12.2. The number of nitrogens with one attached hydrogen (secondary N) is 1. The predicted octanol–water partition coefficient (Wildman–Crippen LogP) is 1.58. The van der Waals surface area contributed by atoms with Crippen LogP contribution in [-0.4, -0.2) is 67.6 Å². The second-order valence-electron chi connectivity index (χ2n) is 6.12. The molecule has 0 aromatic heterocycles. The number of benzene rings is 1. The molecule has 1 aromatic carbocycles. The van der Waals surface area contributed by atoms with Crippen molar-refractivity contribution in [2.75, 3.05) is 45.2 Å². The Hall–Kier alpha value is -2.08. The van der Waals surface area contributed by atoms with Crippen LogP contribution in [0.25, 0.3) is 0 Å². The zero-order chi connectivity index (χ0) is 17.4. The molecule has 1 fully saturated rings. The fourth-order valence-corrected chi connectivity index (χ4v) is 2.81. The van der Waals surface area contributed by atoms with E-state index in [1.165, 1.54) is 4.90 Å². The van der Waals surface area contributed by atoms with E-state index >= 15 is 0 Å². The van der Waals surface area contributed by atoms with Gasteiger partial charge in [-0.2, -0.15) is 0 Å². The summed E-state index contributed by atoms with van der Waals surface area (Å²) in [6, 6.07) is 10.6. The molecule has 132 valence electrons. The van der Waals surface area contributed by atoms with Gasteiger partial charge < -0.3 is 15.0 Å². The van der Waals surface area contributed by atoms with Crippen LogP contribution in [0, 0.1) is 0 Å². The number of hydrogen-bond donors (Lipinski definition) is 1. The molecule has 1 heterocycles. The SMILES string of the molecule is CCOC(=O)CN(C)C(=O)CN1CCC(Nc2ccccc2)CC1. The van der Waals surface area contributed by atoms with Gasteiger partial charge in [0.05, 0.1) is 13.2 Å². The monoisotopic (exact) mass is 333 g/mol. The fourth-order valence-electron chi connectivity index (χ4n) is 2.81. The number of para-hydroxylation sites is 1. The van der Waals surface area contributed by atoms with Gasteiger partial charge in [0.2, 0.25) is 5.91 Å². The van der Waals surface area contributed by atoms with Gasteiger partial charge in [0.25, 0.3) is 0 Å². The molecule has 0 saturated carbocycles. The van der Waals surface area contributed by atoms with Crippen molar-refractivity contribution in [1.29, 1.82) is 0 Å². The van der Waals surface area contributed by atoms with Crippen LogP contribution < -0.4 is 5.32 Å². The molecule has 1 aliphatic heterocycles. The second kappa shape index (κ2) is 9.27. The van der Waals surface area contributed by atoms with Gasteiger partial charge in [-0.3, -0.25) is 14.5 Å². The van der Waals surface area contributed by atoms with Crippen LogP contribution in [0.1, 0.15) is 19.8 Å². The fraction of sp³-hybridized carbons (Fsp3) is 0.556. The van der Waals surface area contributed by atoms with Gasteiger partial charge in [-0.15, -0.1) is 0 Å². The first-order valence-corrected chi connectivity index (χ1v) is 8.52. The highest BCUT2D eigenvalue weighted by molar-refractivity contribution is 5.83. The molecule has 0 atom stereocenters. The summed E-state index contributed by atoms with van der Waals surface area (Å²) < 4.78 is 4.87. The first-order chi connectivity index (χ1) is 11.6. The Balaban J connectivity index is 1.70. The van der Waals surface area contributed by atoms with Gasteiger partial charge in [0.15, 0.2) is 0 Å². The molecule has 1 N–H and O–H groups in total. The largest absolute Gasteiger partial charge is 0.465 e. The predicted molar refractivity (Wildman–Crippen MR) is 93.8 cm³/mol. The highest BCUT2D eigenvalue weighted by atomic mass is 16.5. The summed E-state index contributed by atoms with van der Waals surface area (Å²) >= 11 is 0. The summed E-state index contributed by atoms with van der Waals surface area (Å²) in [6.45, 7) is 4.22. The van der Waals surface area contributed by atoms with Crippen LogP contribution in [0.2, 0.25) is 0 Å². The van der Waals surface area contributed by atoms with Crippen molar-refractivity contribution >= 4 is 17.6 Å². The number of hydrogen-bond acceptors (Lipinski definition) is 5. The molecule has 2 rings (SSSR count). The Kier molecular flexibility index (Phi) is 7.06. The van der Waals surface area contributed by atoms with Crippen LogP contribution in [0.3, 0.4) is 0 Å². The summed E-state index contributed by atoms with van der Waals surface area (Å²) in [4.78, 5) is 27.2. The quantitative estimate of drug-likeness (QED) is 0.768. The number of anilines is 1. The van der Waals surface area contributed by atoms with Crippen LogP contribution in [-0.2, 0) is 14.3 Å². The molecule has 0 radical (unpaired) electrons. The highest BCUT2D eigenvalue weighted by Crippen LogP contribution is 2.16. The number of ether oxygens (including phenoxy) is 1. The number of carbonyl (C=O) groups is 2. The third kappa shape index (κ3) is 5.85. The van der Waals surface area contributed by atoms with Gasteiger partial charge in [-0.05, 0) is 31.9 Å². The molecular formula is C18H27N3O3. The molecule has 24 heavy (non-hydrogen) atoms. The molecule has 0 unspecified atom stereocenters. The standard InChI is InChI=1S/C18H27N3O3/c1-3-24-18(23)14-20(2)17(22)13-21-11-9-16(10-12-21)19-15-7-5-4-6-8-15/h4-8,16,19H,3,9-14H2,1-2H3. The van der Waals surface area contributed by atoms with E-state index in [1.54, 1.807) is 14.0 Å². The van der Waals surface area contributed by atoms with Gasteiger partial charge in [-0.1, -0.05) is 18.2 Å². The van der Waals surface area contributed by atoms with Gasteiger partial charge in [-0.25, -0.2) is 0 Å². The zero-order valence-electron chi connectivity index (χ0n) is 14.5. The molecule has 6 nitrogen and oxygen atoms in total. The maximum atomic E-state index is 12.2. The minimum Gasteiger partial charge on any atom is -0.465 e. The smallest absolute Gasteiger partial charge is 0.325 e. The van der Waals surface area contributed by atoms with E-state index in [4.69, 9.17) is 4.74 Å². The van der Waals surface area contributed by atoms with Crippen molar-refractivity contribution in [3.05, 3.63) is 30.3 Å². The first kappa shape index (κ1) is 18.3. The molecule has 1 saturated heterocycles. The van der Waals surface area contributed by atoms with Crippen molar-refractivity contribution in [2.45, 2.75) is 25.8 Å². The van der Waals surface area contributed by atoms with Crippen molar-refractivity contribution in [2.24, 2.45) is 0 Å². The average Bonchev–Trinajstić information content (AvgIpc) is 2.57. The molecule has 0 spiro atoms. The molecule has 1 aromatic rings. The van der Waals surface area contributed by atoms with Gasteiger partial charge in [0.1, 0.15) is 6.54 Å². The third-order valence-corrected chi connectivity index (χ3v) is 4.19. The molecular weight excluding hydrogens is 306 g/mol.